The topological polar surface area (TPSA) is 186 Å². The van der Waals surface area contributed by atoms with Gasteiger partial charge in [0.25, 0.3) is 0 Å². The minimum atomic E-state index is -1.22. The monoisotopic (exact) mass is 722 g/mol. The number of rotatable bonds is 9. The van der Waals surface area contributed by atoms with E-state index in [2.05, 4.69) is 37.4 Å². The van der Waals surface area contributed by atoms with E-state index in [1.54, 1.807) is 16.0 Å². The third-order valence-electron chi connectivity index (χ3n) is 9.95. The number of nitrogens with one attached hydrogen (secondary N) is 4. The summed E-state index contributed by atoms with van der Waals surface area (Å²) in [5.41, 5.74) is 4.98. The Hall–Kier alpha value is -5.84. The number of amides is 4. The lowest BCUT2D eigenvalue weighted by Gasteiger charge is -2.29. The van der Waals surface area contributed by atoms with Gasteiger partial charge in [-0.1, -0.05) is 51.7 Å². The number of carbonyl (C=O) groups is 4. The zero-order valence-corrected chi connectivity index (χ0v) is 30.6. The SMILES string of the molecule is COC(=O)NC(C(=O)N1CCCC1c1nc2ccc(C#Cc3ccc(-c4cnc(C5CCCN5C(=O)C(NC(=O)O)C(C)C)[nH]4)cc3)cc2[nH]1)C(C)C. The molecule has 2 aromatic carbocycles. The van der Waals surface area contributed by atoms with Gasteiger partial charge in [0, 0.05) is 24.2 Å². The molecule has 2 fully saturated rings. The maximum Gasteiger partial charge on any atom is 0.407 e. The molecule has 14 nitrogen and oxygen atoms in total. The molecular formula is C39H46N8O6. The number of alkyl carbamates (subject to hydrolysis) is 1. The van der Waals surface area contributed by atoms with Crippen molar-refractivity contribution in [1.29, 1.82) is 0 Å². The number of carbonyl (C=O) groups excluding carboxylic acids is 3. The molecule has 2 aromatic heterocycles. The van der Waals surface area contributed by atoms with Gasteiger partial charge in [-0.2, -0.15) is 0 Å². The van der Waals surface area contributed by atoms with E-state index in [4.69, 9.17) is 9.72 Å². The van der Waals surface area contributed by atoms with Crippen molar-refractivity contribution < 1.29 is 29.0 Å². The number of likely N-dealkylation sites (tertiary alicyclic amines) is 2. The van der Waals surface area contributed by atoms with Crippen molar-refractivity contribution in [3.8, 4) is 23.1 Å². The average molecular weight is 723 g/mol. The quantitative estimate of drug-likeness (QED) is 0.143. The van der Waals surface area contributed by atoms with E-state index in [-0.39, 0.29) is 35.7 Å². The number of benzene rings is 2. The molecule has 4 heterocycles. The second-order valence-electron chi connectivity index (χ2n) is 14.3. The van der Waals surface area contributed by atoms with Crippen LogP contribution in [0.5, 0.6) is 0 Å². The maximum absolute atomic E-state index is 13.5. The van der Waals surface area contributed by atoms with Crippen molar-refractivity contribution in [2.45, 2.75) is 77.5 Å². The van der Waals surface area contributed by atoms with Crippen LogP contribution in [0.15, 0.2) is 48.7 Å². The number of ether oxygens (including phenoxy) is 1. The smallest absolute Gasteiger partial charge is 0.407 e. The van der Waals surface area contributed by atoms with Gasteiger partial charge in [0.05, 0.1) is 42.1 Å². The molecule has 0 spiro atoms. The molecule has 4 unspecified atom stereocenters. The fourth-order valence-corrected chi connectivity index (χ4v) is 7.13. The number of hydrogen-bond donors (Lipinski definition) is 5. The van der Waals surface area contributed by atoms with E-state index in [1.165, 1.54) is 7.11 Å². The van der Waals surface area contributed by atoms with Gasteiger partial charge >= 0.3 is 12.2 Å². The van der Waals surface area contributed by atoms with Crippen molar-refractivity contribution in [1.82, 2.24) is 40.4 Å². The Balaban J connectivity index is 1.12. The van der Waals surface area contributed by atoms with Gasteiger partial charge in [-0.05, 0) is 73.4 Å². The first-order valence-electron chi connectivity index (χ1n) is 18.1. The minimum Gasteiger partial charge on any atom is -0.465 e. The van der Waals surface area contributed by atoms with E-state index in [9.17, 15) is 24.3 Å². The summed E-state index contributed by atoms with van der Waals surface area (Å²) in [5, 5.41) is 14.3. The molecule has 6 rings (SSSR count). The second kappa shape index (κ2) is 15.8. The Labute approximate surface area is 308 Å². The fraction of sp³-hybridized carbons (Fsp3) is 0.436. The number of methoxy groups -OCH3 is 1. The number of carboxylic acid groups (broad SMARTS) is 1. The summed E-state index contributed by atoms with van der Waals surface area (Å²) in [4.78, 5) is 69.8. The van der Waals surface area contributed by atoms with Crippen LogP contribution in [-0.2, 0) is 14.3 Å². The molecule has 5 N–H and O–H groups in total. The molecule has 0 radical (unpaired) electrons. The number of nitrogens with zero attached hydrogens (tertiary/aromatic N) is 4. The van der Waals surface area contributed by atoms with E-state index >= 15 is 0 Å². The highest BCUT2D eigenvalue weighted by molar-refractivity contribution is 5.87. The Morgan fingerprint density at radius 2 is 1.42 bits per heavy atom. The van der Waals surface area contributed by atoms with Crippen molar-refractivity contribution in [3.63, 3.8) is 0 Å². The van der Waals surface area contributed by atoms with Crippen molar-refractivity contribution >= 4 is 35.0 Å². The molecule has 2 saturated heterocycles. The normalized spacial score (nSPS) is 18.2. The van der Waals surface area contributed by atoms with Gasteiger partial charge in [-0.3, -0.25) is 9.59 Å². The molecule has 0 aliphatic carbocycles. The van der Waals surface area contributed by atoms with Crippen LogP contribution >= 0.6 is 0 Å². The lowest BCUT2D eigenvalue weighted by Crippen LogP contribution is -2.51. The van der Waals surface area contributed by atoms with Crippen molar-refractivity contribution in [2.75, 3.05) is 20.2 Å². The van der Waals surface area contributed by atoms with Crippen LogP contribution in [-0.4, -0.2) is 91.1 Å². The van der Waals surface area contributed by atoms with E-state index in [1.807, 2.05) is 70.2 Å². The van der Waals surface area contributed by atoms with Crippen molar-refractivity contribution in [3.05, 3.63) is 71.4 Å². The predicted molar refractivity (Wildman–Crippen MR) is 197 cm³/mol. The largest absolute Gasteiger partial charge is 0.465 e. The molecule has 4 aromatic rings. The first-order valence-corrected chi connectivity index (χ1v) is 18.1. The molecule has 0 bridgehead atoms. The standard InChI is InChI=1S/C39H46N8O6/c1-22(2)32(44-38(50)51)36(48)46-18-6-8-30(46)34-40-21-29(43-34)26-15-12-24(13-16-26)10-11-25-14-17-27-28(20-25)42-35(41-27)31-9-7-19-47(31)37(49)33(23(3)4)45-39(52)53-5/h12-17,20-23,30-33,44H,6-9,18-19H2,1-5H3,(H,40,43)(H,41,42)(H,45,52)(H,50,51). The summed E-state index contributed by atoms with van der Waals surface area (Å²) < 4.78 is 4.74. The van der Waals surface area contributed by atoms with Gasteiger partial charge < -0.3 is 40.2 Å². The van der Waals surface area contributed by atoms with Crippen molar-refractivity contribution in [2.24, 2.45) is 11.8 Å². The molecule has 4 amide bonds. The Morgan fingerprint density at radius 1 is 0.830 bits per heavy atom. The summed E-state index contributed by atoms with van der Waals surface area (Å²) in [6, 6.07) is 11.6. The van der Waals surface area contributed by atoms with Gasteiger partial charge in [-0.25, -0.2) is 19.6 Å². The molecule has 14 heteroatoms. The van der Waals surface area contributed by atoms with Gasteiger partial charge in [0.2, 0.25) is 11.8 Å². The van der Waals surface area contributed by atoms with Gasteiger partial charge in [-0.15, -0.1) is 0 Å². The maximum atomic E-state index is 13.5. The highest BCUT2D eigenvalue weighted by atomic mass is 16.5. The van der Waals surface area contributed by atoms with Crippen LogP contribution in [0.1, 0.15) is 88.2 Å². The van der Waals surface area contributed by atoms with Crippen LogP contribution in [0.3, 0.4) is 0 Å². The number of aromatic nitrogens is 4. The predicted octanol–water partition coefficient (Wildman–Crippen LogP) is 5.35. The second-order valence-corrected chi connectivity index (χ2v) is 14.3. The number of H-pyrrole nitrogens is 2. The zero-order chi connectivity index (χ0) is 37.8. The highest BCUT2D eigenvalue weighted by Crippen LogP contribution is 2.34. The fourth-order valence-electron chi connectivity index (χ4n) is 7.13. The minimum absolute atomic E-state index is 0.115. The molecule has 2 aliphatic rings. The van der Waals surface area contributed by atoms with Crippen LogP contribution in [0, 0.1) is 23.7 Å². The molecule has 53 heavy (non-hydrogen) atoms. The summed E-state index contributed by atoms with van der Waals surface area (Å²) in [5.74, 6) is 7.15. The summed E-state index contributed by atoms with van der Waals surface area (Å²) >= 11 is 0. The number of imidazole rings is 2. The van der Waals surface area contributed by atoms with Crippen LogP contribution < -0.4 is 10.6 Å². The van der Waals surface area contributed by atoms with E-state index in [0.717, 1.165) is 59.1 Å². The Bertz CT molecular complexity index is 2040. The molecule has 2 aliphatic heterocycles. The number of fused-ring (bicyclic) bond motifs is 1. The molecule has 278 valence electrons. The number of hydrogen-bond acceptors (Lipinski definition) is 7. The Morgan fingerprint density at radius 3 is 2.02 bits per heavy atom. The molecular weight excluding hydrogens is 676 g/mol. The van der Waals surface area contributed by atoms with Gasteiger partial charge in [0.15, 0.2) is 0 Å². The summed E-state index contributed by atoms with van der Waals surface area (Å²) in [6.07, 6.45) is 3.05. The van der Waals surface area contributed by atoms with E-state index in [0.29, 0.717) is 24.7 Å². The first-order chi connectivity index (χ1) is 25.4. The Kier molecular flexibility index (Phi) is 11.0. The van der Waals surface area contributed by atoms with E-state index < -0.39 is 24.3 Å². The molecule has 4 atom stereocenters. The van der Waals surface area contributed by atoms with Crippen LogP contribution in [0.4, 0.5) is 9.59 Å². The first kappa shape index (κ1) is 36.9. The summed E-state index contributed by atoms with van der Waals surface area (Å²) in [6.45, 7) is 8.55. The van der Waals surface area contributed by atoms with Gasteiger partial charge in [0.1, 0.15) is 23.7 Å². The lowest BCUT2D eigenvalue weighted by atomic mass is 10.0. The lowest BCUT2D eigenvalue weighted by molar-refractivity contribution is -0.136. The zero-order valence-electron chi connectivity index (χ0n) is 30.6. The third kappa shape index (κ3) is 8.14. The third-order valence-corrected chi connectivity index (χ3v) is 9.95. The number of aromatic amines is 2. The average Bonchev–Trinajstić information content (AvgIpc) is 3.97. The van der Waals surface area contributed by atoms with Crippen LogP contribution in [0.25, 0.3) is 22.3 Å². The van der Waals surface area contributed by atoms with Crippen LogP contribution in [0.2, 0.25) is 0 Å². The molecule has 0 saturated carbocycles. The highest BCUT2D eigenvalue weighted by Gasteiger charge is 2.39. The summed E-state index contributed by atoms with van der Waals surface area (Å²) in [7, 11) is 1.28.